The number of carbonyl (C=O) groups is 2. The van der Waals surface area contributed by atoms with Gasteiger partial charge in [-0.25, -0.2) is 19.7 Å². The van der Waals surface area contributed by atoms with Crippen LogP contribution < -0.4 is 0 Å². The topological polar surface area (TPSA) is 96.3 Å². The van der Waals surface area contributed by atoms with E-state index >= 15 is 0 Å². The maximum Gasteiger partial charge on any atom is 0.326 e. The Morgan fingerprint density at radius 2 is 2.05 bits per heavy atom. The Balaban J connectivity index is 1.83. The van der Waals surface area contributed by atoms with Crippen molar-refractivity contribution in [1.29, 1.82) is 0 Å². The smallest absolute Gasteiger partial charge is 0.326 e. The fourth-order valence-electron chi connectivity index (χ4n) is 2.29. The summed E-state index contributed by atoms with van der Waals surface area (Å²) in [6.07, 6.45) is 5.86. The Bertz CT molecular complexity index is 673. The van der Waals surface area contributed by atoms with Crippen LogP contribution in [0.5, 0.6) is 0 Å². The molecule has 2 aromatic heterocycles. The number of rotatable bonds is 3. The van der Waals surface area contributed by atoms with E-state index in [1.54, 1.807) is 18.5 Å². The Hall–Kier alpha value is -2.35. The van der Waals surface area contributed by atoms with E-state index in [9.17, 15) is 9.59 Å². The molecule has 21 heavy (non-hydrogen) atoms. The average Bonchev–Trinajstić information content (AvgIpc) is 3.17. The van der Waals surface area contributed by atoms with Crippen molar-refractivity contribution in [3.63, 3.8) is 0 Å². The molecule has 1 N–H and O–H groups in total. The number of aliphatic carboxylic acids is 1. The highest BCUT2D eigenvalue weighted by Gasteiger charge is 2.35. The van der Waals surface area contributed by atoms with Crippen LogP contribution in [0.3, 0.4) is 0 Å². The number of carboxylic acid groups (broad SMARTS) is 1. The Kier molecular flexibility index (Phi) is 3.61. The lowest BCUT2D eigenvalue weighted by atomic mass is 10.2. The molecule has 0 spiro atoms. The third kappa shape index (κ3) is 2.62. The molecule has 7 nitrogen and oxygen atoms in total. The monoisotopic (exact) mass is 304 g/mol. The second-order valence-electron chi connectivity index (χ2n) is 4.60. The predicted octanol–water partition coefficient (Wildman–Crippen LogP) is 1.29. The van der Waals surface area contributed by atoms with Gasteiger partial charge >= 0.3 is 5.97 Å². The molecule has 108 valence electrons. The van der Waals surface area contributed by atoms with E-state index in [0.717, 1.165) is 0 Å². The van der Waals surface area contributed by atoms with Gasteiger partial charge in [0, 0.05) is 18.9 Å². The van der Waals surface area contributed by atoms with Crippen LogP contribution >= 0.6 is 11.3 Å². The average molecular weight is 304 g/mol. The maximum atomic E-state index is 12.4. The molecule has 1 fully saturated rings. The third-order valence-corrected chi connectivity index (χ3v) is 4.25. The molecule has 8 heteroatoms. The number of hydrogen-bond donors (Lipinski definition) is 1. The van der Waals surface area contributed by atoms with Gasteiger partial charge in [0.15, 0.2) is 10.8 Å². The van der Waals surface area contributed by atoms with Crippen molar-refractivity contribution in [3.05, 3.63) is 29.5 Å². The molecule has 1 atom stereocenters. The van der Waals surface area contributed by atoms with Crippen LogP contribution in [0.25, 0.3) is 10.8 Å². The largest absolute Gasteiger partial charge is 0.480 e. The number of hydrogen-bond acceptors (Lipinski definition) is 6. The van der Waals surface area contributed by atoms with Crippen molar-refractivity contribution in [1.82, 2.24) is 19.9 Å². The van der Waals surface area contributed by atoms with Gasteiger partial charge in [-0.3, -0.25) is 4.79 Å². The summed E-state index contributed by atoms with van der Waals surface area (Å²) in [4.78, 5) is 37.7. The van der Waals surface area contributed by atoms with Gasteiger partial charge < -0.3 is 10.0 Å². The van der Waals surface area contributed by atoms with E-state index in [2.05, 4.69) is 15.0 Å². The molecule has 0 unspecified atom stereocenters. The lowest BCUT2D eigenvalue weighted by molar-refractivity contribution is -0.141. The molecule has 0 radical (unpaired) electrons. The van der Waals surface area contributed by atoms with Crippen LogP contribution in [0.1, 0.15) is 22.5 Å². The molecule has 1 aliphatic rings. The van der Waals surface area contributed by atoms with Gasteiger partial charge in [-0.05, 0) is 18.9 Å². The molecular formula is C13H12N4O3S. The standard InChI is InChI=1S/C13H12N4O3S/c18-12(17-6-1-3-8(17)13(19)20)9-7-16-11(21-9)10-14-4-2-5-15-10/h2,4-5,7-8H,1,3,6H2,(H,19,20)/t8-/m1/s1. The summed E-state index contributed by atoms with van der Waals surface area (Å²) in [7, 11) is 0. The summed E-state index contributed by atoms with van der Waals surface area (Å²) < 4.78 is 0. The molecule has 1 saturated heterocycles. The molecule has 3 heterocycles. The highest BCUT2D eigenvalue weighted by atomic mass is 32.1. The zero-order valence-corrected chi connectivity index (χ0v) is 11.8. The minimum absolute atomic E-state index is 0.292. The van der Waals surface area contributed by atoms with E-state index in [0.29, 0.717) is 35.1 Å². The van der Waals surface area contributed by atoms with Crippen molar-refractivity contribution < 1.29 is 14.7 Å². The van der Waals surface area contributed by atoms with E-state index < -0.39 is 12.0 Å². The Labute approximate surface area is 124 Å². The Morgan fingerprint density at radius 1 is 1.29 bits per heavy atom. The van der Waals surface area contributed by atoms with Crippen LogP contribution in [0.4, 0.5) is 0 Å². The highest BCUT2D eigenvalue weighted by Crippen LogP contribution is 2.26. The van der Waals surface area contributed by atoms with Gasteiger partial charge in [-0.15, -0.1) is 11.3 Å². The summed E-state index contributed by atoms with van der Waals surface area (Å²) in [6, 6.07) is 0.959. The van der Waals surface area contributed by atoms with E-state index in [-0.39, 0.29) is 5.91 Å². The van der Waals surface area contributed by atoms with Crippen LogP contribution in [0.15, 0.2) is 24.7 Å². The molecule has 0 aliphatic carbocycles. The first-order valence-electron chi connectivity index (χ1n) is 6.44. The van der Waals surface area contributed by atoms with Crippen LogP contribution in [0, 0.1) is 0 Å². The fraction of sp³-hybridized carbons (Fsp3) is 0.308. The minimum atomic E-state index is -0.961. The third-order valence-electron chi connectivity index (χ3n) is 3.27. The second-order valence-corrected chi connectivity index (χ2v) is 5.63. The van der Waals surface area contributed by atoms with Crippen molar-refractivity contribution in [3.8, 4) is 10.8 Å². The van der Waals surface area contributed by atoms with Crippen molar-refractivity contribution >= 4 is 23.2 Å². The second kappa shape index (κ2) is 5.57. The fourth-order valence-corrected chi connectivity index (χ4v) is 3.11. The van der Waals surface area contributed by atoms with Crippen molar-refractivity contribution in [2.45, 2.75) is 18.9 Å². The minimum Gasteiger partial charge on any atom is -0.480 e. The number of carbonyl (C=O) groups excluding carboxylic acids is 1. The van der Waals surface area contributed by atoms with E-state index in [4.69, 9.17) is 5.11 Å². The number of thiazole rings is 1. The first kappa shape index (κ1) is 13.6. The molecule has 2 aromatic rings. The van der Waals surface area contributed by atoms with Crippen molar-refractivity contribution in [2.75, 3.05) is 6.54 Å². The molecule has 1 aliphatic heterocycles. The summed E-state index contributed by atoms with van der Waals surface area (Å²) in [5.74, 6) is -0.797. The zero-order valence-electron chi connectivity index (χ0n) is 11.0. The molecule has 0 saturated carbocycles. The molecule has 3 rings (SSSR count). The van der Waals surface area contributed by atoms with Crippen molar-refractivity contribution in [2.24, 2.45) is 0 Å². The quantitative estimate of drug-likeness (QED) is 0.918. The summed E-state index contributed by atoms with van der Waals surface area (Å²) in [5, 5.41) is 9.68. The van der Waals surface area contributed by atoms with Crippen LogP contribution in [-0.2, 0) is 4.79 Å². The first-order valence-corrected chi connectivity index (χ1v) is 7.25. The van der Waals surface area contributed by atoms with Gasteiger partial charge in [0.2, 0.25) is 0 Å². The van der Waals surface area contributed by atoms with Gasteiger partial charge in [0.1, 0.15) is 10.9 Å². The molecule has 0 bridgehead atoms. The number of likely N-dealkylation sites (tertiary alicyclic amines) is 1. The summed E-state index contributed by atoms with van der Waals surface area (Å²) in [6.45, 7) is 0.463. The Morgan fingerprint density at radius 3 is 2.76 bits per heavy atom. The van der Waals surface area contributed by atoms with Gasteiger partial charge in [0.05, 0.1) is 6.20 Å². The summed E-state index contributed by atoms with van der Waals surface area (Å²) >= 11 is 1.17. The molecular weight excluding hydrogens is 292 g/mol. The van der Waals surface area contributed by atoms with Gasteiger partial charge in [0.25, 0.3) is 5.91 Å². The van der Waals surface area contributed by atoms with Gasteiger partial charge in [-0.2, -0.15) is 0 Å². The number of carboxylic acids is 1. The van der Waals surface area contributed by atoms with Crippen LogP contribution in [0.2, 0.25) is 0 Å². The lowest BCUT2D eigenvalue weighted by Gasteiger charge is -2.20. The normalized spacial score (nSPS) is 17.9. The zero-order chi connectivity index (χ0) is 14.8. The molecule has 1 amide bonds. The highest BCUT2D eigenvalue weighted by molar-refractivity contribution is 7.16. The number of aromatic nitrogens is 3. The lowest BCUT2D eigenvalue weighted by Crippen LogP contribution is -2.40. The van der Waals surface area contributed by atoms with Gasteiger partial charge in [-0.1, -0.05) is 0 Å². The maximum absolute atomic E-state index is 12.4. The first-order chi connectivity index (χ1) is 10.2. The number of nitrogens with zero attached hydrogens (tertiary/aromatic N) is 4. The SMILES string of the molecule is O=C(O)[C@H]1CCCN1C(=O)c1cnc(-c2ncccn2)s1. The summed E-state index contributed by atoms with van der Waals surface area (Å²) in [5.41, 5.74) is 0. The van der Waals surface area contributed by atoms with E-state index in [1.165, 1.54) is 22.4 Å². The molecule has 0 aromatic carbocycles. The number of amides is 1. The predicted molar refractivity (Wildman–Crippen MR) is 74.8 cm³/mol. The van der Waals surface area contributed by atoms with Crippen LogP contribution in [-0.4, -0.2) is 49.4 Å². The van der Waals surface area contributed by atoms with E-state index in [1.807, 2.05) is 0 Å².